The Hall–Kier alpha value is -2.14. The lowest BCUT2D eigenvalue weighted by Gasteiger charge is -2.10. The van der Waals surface area contributed by atoms with Crippen molar-refractivity contribution >= 4 is 23.5 Å². The number of carbonyl (C=O) groups excluding carboxylic acids is 1. The molecule has 0 aliphatic heterocycles. The summed E-state index contributed by atoms with van der Waals surface area (Å²) >= 11 is 5.84. The lowest BCUT2D eigenvalue weighted by Crippen LogP contribution is -2.17. The van der Waals surface area contributed by atoms with Gasteiger partial charge in [-0.3, -0.25) is 10.1 Å². The minimum atomic E-state index is -0.273. The Balaban J connectivity index is 2.30. The highest BCUT2D eigenvalue weighted by Crippen LogP contribution is 2.18. The Morgan fingerprint density at radius 2 is 1.90 bits per heavy atom. The molecule has 0 saturated heterocycles. The number of anilines is 1. The van der Waals surface area contributed by atoms with Crippen LogP contribution in [-0.2, 0) is 0 Å². The number of methoxy groups -OCH3 is 1. The highest BCUT2D eigenvalue weighted by Gasteiger charge is 2.14. The second-order valence-corrected chi connectivity index (χ2v) is 4.66. The number of carbonyl (C=O) groups is 1. The van der Waals surface area contributed by atoms with Gasteiger partial charge in [0.25, 0.3) is 5.91 Å². The van der Waals surface area contributed by atoms with Gasteiger partial charge in [-0.1, -0.05) is 29.8 Å². The molecule has 0 atom stereocenters. The third-order valence-electron chi connectivity index (χ3n) is 2.81. The van der Waals surface area contributed by atoms with Crippen LogP contribution in [0.1, 0.15) is 21.5 Å². The van der Waals surface area contributed by atoms with Crippen molar-refractivity contribution in [3.05, 3.63) is 46.1 Å². The molecule has 0 aliphatic carbocycles. The molecule has 1 amide bonds. The lowest BCUT2D eigenvalue weighted by molar-refractivity contribution is 0.102. The highest BCUT2D eigenvalue weighted by atomic mass is 35.5. The first-order valence-electron chi connectivity index (χ1n) is 5.97. The topological polar surface area (TPSA) is 64.1 Å². The number of nitrogens with one attached hydrogen (secondary N) is 1. The molecule has 2 rings (SSSR count). The summed E-state index contributed by atoms with van der Waals surface area (Å²) in [5.74, 6) is 0.133. The van der Waals surface area contributed by atoms with E-state index in [1.54, 1.807) is 0 Å². The summed E-state index contributed by atoms with van der Waals surface area (Å²) < 4.78 is 4.98. The quantitative estimate of drug-likeness (QED) is 0.883. The summed E-state index contributed by atoms with van der Waals surface area (Å²) in [4.78, 5) is 20.3. The largest absolute Gasteiger partial charge is 0.481 e. The van der Waals surface area contributed by atoms with Crippen LogP contribution in [0.2, 0.25) is 5.15 Å². The average Bonchev–Trinajstić information content (AvgIpc) is 2.37. The molecule has 0 spiro atoms. The number of nitrogens with zero attached hydrogens (tertiary/aromatic N) is 2. The minimum absolute atomic E-state index is 0.113. The Morgan fingerprint density at radius 1 is 1.25 bits per heavy atom. The van der Waals surface area contributed by atoms with Gasteiger partial charge in [0.2, 0.25) is 11.8 Å². The molecule has 6 heteroatoms. The van der Waals surface area contributed by atoms with Crippen LogP contribution in [0.15, 0.2) is 24.3 Å². The van der Waals surface area contributed by atoms with E-state index in [0.717, 1.165) is 11.1 Å². The maximum Gasteiger partial charge on any atom is 0.258 e. The van der Waals surface area contributed by atoms with Gasteiger partial charge >= 0.3 is 0 Å². The fraction of sp³-hybridized carbons (Fsp3) is 0.214. The molecule has 1 heterocycles. The summed E-state index contributed by atoms with van der Waals surface area (Å²) in [5, 5.41) is 2.83. The molecule has 104 valence electrons. The molecule has 1 aromatic heterocycles. The van der Waals surface area contributed by atoms with E-state index in [4.69, 9.17) is 16.3 Å². The van der Waals surface area contributed by atoms with Crippen LogP contribution < -0.4 is 10.1 Å². The van der Waals surface area contributed by atoms with Crippen molar-refractivity contribution in [2.24, 2.45) is 0 Å². The van der Waals surface area contributed by atoms with Crippen molar-refractivity contribution < 1.29 is 9.53 Å². The SMILES string of the molecule is COc1cc(Cl)nc(NC(=O)c2c(C)cccc2C)n1. The van der Waals surface area contributed by atoms with Crippen molar-refractivity contribution in [3.63, 3.8) is 0 Å². The molecule has 0 aliphatic rings. The maximum atomic E-state index is 12.3. The maximum absolute atomic E-state index is 12.3. The van der Waals surface area contributed by atoms with Crippen LogP contribution in [0.5, 0.6) is 5.88 Å². The second kappa shape index (κ2) is 5.88. The highest BCUT2D eigenvalue weighted by molar-refractivity contribution is 6.29. The van der Waals surface area contributed by atoms with E-state index in [0.29, 0.717) is 11.4 Å². The third kappa shape index (κ3) is 3.05. The molecule has 2 aromatic rings. The van der Waals surface area contributed by atoms with E-state index in [2.05, 4.69) is 15.3 Å². The monoisotopic (exact) mass is 291 g/mol. The van der Waals surface area contributed by atoms with E-state index in [1.807, 2.05) is 32.0 Å². The van der Waals surface area contributed by atoms with E-state index >= 15 is 0 Å². The average molecular weight is 292 g/mol. The van der Waals surface area contributed by atoms with Gasteiger partial charge in [-0.15, -0.1) is 0 Å². The molecule has 0 radical (unpaired) electrons. The van der Waals surface area contributed by atoms with Gasteiger partial charge in [0.15, 0.2) is 0 Å². The van der Waals surface area contributed by atoms with Crippen LogP contribution in [-0.4, -0.2) is 23.0 Å². The van der Waals surface area contributed by atoms with Crippen molar-refractivity contribution in [3.8, 4) is 5.88 Å². The molecular weight excluding hydrogens is 278 g/mol. The molecule has 20 heavy (non-hydrogen) atoms. The predicted molar refractivity (Wildman–Crippen MR) is 77.5 cm³/mol. The molecule has 1 aromatic carbocycles. The minimum Gasteiger partial charge on any atom is -0.481 e. The zero-order valence-electron chi connectivity index (χ0n) is 11.4. The number of amides is 1. The van der Waals surface area contributed by atoms with Gasteiger partial charge in [-0.25, -0.2) is 4.98 Å². The number of rotatable bonds is 3. The summed E-state index contributed by atoms with van der Waals surface area (Å²) in [5.41, 5.74) is 2.38. The first kappa shape index (κ1) is 14.3. The number of aryl methyl sites for hydroxylation is 2. The fourth-order valence-electron chi connectivity index (χ4n) is 1.89. The van der Waals surface area contributed by atoms with Gasteiger partial charge in [0.1, 0.15) is 5.15 Å². The van der Waals surface area contributed by atoms with Crippen LogP contribution >= 0.6 is 11.6 Å². The van der Waals surface area contributed by atoms with Crippen molar-refractivity contribution in [1.82, 2.24) is 9.97 Å². The summed E-state index contributed by atoms with van der Waals surface area (Å²) in [7, 11) is 1.47. The standard InChI is InChI=1S/C14H14ClN3O2/c1-8-5-4-6-9(2)12(8)13(19)18-14-16-10(15)7-11(17-14)20-3/h4-7H,1-3H3,(H,16,17,18,19). The number of benzene rings is 1. The predicted octanol–water partition coefficient (Wildman–Crippen LogP) is 3.01. The van der Waals surface area contributed by atoms with Gasteiger partial charge in [-0.2, -0.15) is 4.98 Å². The number of hydrogen-bond acceptors (Lipinski definition) is 4. The number of hydrogen-bond donors (Lipinski definition) is 1. The second-order valence-electron chi connectivity index (χ2n) is 4.28. The first-order valence-corrected chi connectivity index (χ1v) is 6.35. The smallest absolute Gasteiger partial charge is 0.258 e. The Labute approximate surface area is 122 Å². The van der Waals surface area contributed by atoms with Gasteiger partial charge in [-0.05, 0) is 25.0 Å². The molecule has 5 nitrogen and oxygen atoms in total. The summed E-state index contributed by atoms with van der Waals surface area (Å²) in [6.45, 7) is 3.75. The Morgan fingerprint density at radius 3 is 2.50 bits per heavy atom. The van der Waals surface area contributed by atoms with Crippen LogP contribution in [0.3, 0.4) is 0 Å². The first-order chi connectivity index (χ1) is 9.51. The molecule has 1 N–H and O–H groups in total. The van der Waals surface area contributed by atoms with Crippen LogP contribution in [0.25, 0.3) is 0 Å². The number of aromatic nitrogens is 2. The summed E-state index contributed by atoms with van der Waals surface area (Å²) in [6, 6.07) is 7.12. The molecule has 0 fully saturated rings. The van der Waals surface area contributed by atoms with Crippen molar-refractivity contribution in [2.45, 2.75) is 13.8 Å². The molecule has 0 unspecified atom stereocenters. The molecule has 0 bridgehead atoms. The van der Waals surface area contributed by atoms with E-state index < -0.39 is 0 Å². The number of halogens is 1. The fourth-order valence-corrected chi connectivity index (χ4v) is 2.07. The zero-order chi connectivity index (χ0) is 14.7. The van der Waals surface area contributed by atoms with E-state index in [1.165, 1.54) is 13.2 Å². The zero-order valence-corrected chi connectivity index (χ0v) is 12.2. The number of ether oxygens (including phenoxy) is 1. The lowest BCUT2D eigenvalue weighted by atomic mass is 10.0. The van der Waals surface area contributed by atoms with Gasteiger partial charge in [0, 0.05) is 11.6 Å². The summed E-state index contributed by atoms with van der Waals surface area (Å²) in [6.07, 6.45) is 0. The third-order valence-corrected chi connectivity index (χ3v) is 3.01. The van der Waals surface area contributed by atoms with Crippen LogP contribution in [0, 0.1) is 13.8 Å². The van der Waals surface area contributed by atoms with E-state index in [-0.39, 0.29) is 17.0 Å². The van der Waals surface area contributed by atoms with Gasteiger partial charge < -0.3 is 4.74 Å². The Kier molecular flexibility index (Phi) is 4.20. The van der Waals surface area contributed by atoms with Crippen molar-refractivity contribution in [1.29, 1.82) is 0 Å². The van der Waals surface area contributed by atoms with Gasteiger partial charge in [0.05, 0.1) is 7.11 Å². The van der Waals surface area contributed by atoms with Crippen molar-refractivity contribution in [2.75, 3.05) is 12.4 Å². The van der Waals surface area contributed by atoms with Crippen LogP contribution in [0.4, 0.5) is 5.95 Å². The normalized spacial score (nSPS) is 10.2. The molecular formula is C14H14ClN3O2. The Bertz CT molecular complexity index is 639. The molecule has 0 saturated carbocycles. The van der Waals surface area contributed by atoms with E-state index in [9.17, 15) is 4.79 Å².